The lowest BCUT2D eigenvalue weighted by molar-refractivity contribution is -0.185. The Morgan fingerprint density at radius 3 is 1.74 bits per heavy atom. The minimum atomic E-state index is -1.84. The lowest BCUT2D eigenvalue weighted by Gasteiger charge is -2.29. The molecule has 0 saturated carbocycles. The molecule has 142 valence electrons. The number of hydrogen-bond acceptors (Lipinski definition) is 3. The third-order valence-corrected chi connectivity index (χ3v) is 5.13. The Bertz CT molecular complexity index is 829. The van der Waals surface area contributed by atoms with Gasteiger partial charge in [-0.1, -0.05) is 73.7 Å². The standard InChI is InChI=1S/C15H16O2.C9H12O/c1-12(13-8-4-2-5-9-13)15(16,17)14-10-6-3-7-11-14;1-6-4-5-9(10)8(3)7(6)2/h2-12,16-17H,1H3;4-5,10H,1-3H3. The van der Waals surface area contributed by atoms with E-state index in [1.165, 1.54) is 11.1 Å². The SMILES string of the molecule is CC(c1ccccc1)C(O)(O)c1ccccc1.Cc1ccc(O)c(C)c1C. The molecule has 1 atom stereocenters. The lowest BCUT2D eigenvalue weighted by Crippen LogP contribution is -2.31. The summed E-state index contributed by atoms with van der Waals surface area (Å²) in [6, 6.07) is 22.1. The van der Waals surface area contributed by atoms with E-state index in [9.17, 15) is 15.3 Å². The summed E-state index contributed by atoms with van der Waals surface area (Å²) < 4.78 is 0. The zero-order valence-corrected chi connectivity index (χ0v) is 16.3. The van der Waals surface area contributed by atoms with Gasteiger partial charge in [-0.05, 0) is 49.1 Å². The summed E-state index contributed by atoms with van der Waals surface area (Å²) in [6.45, 7) is 7.80. The Hall–Kier alpha value is -2.62. The summed E-state index contributed by atoms with van der Waals surface area (Å²) in [4.78, 5) is 0. The van der Waals surface area contributed by atoms with Crippen LogP contribution in [0.5, 0.6) is 5.75 Å². The Kier molecular flexibility index (Phi) is 6.78. The molecule has 0 spiro atoms. The number of aliphatic hydroxyl groups is 2. The smallest absolute Gasteiger partial charge is 0.196 e. The molecule has 3 heteroatoms. The zero-order valence-electron chi connectivity index (χ0n) is 16.3. The van der Waals surface area contributed by atoms with E-state index in [2.05, 4.69) is 0 Å². The topological polar surface area (TPSA) is 60.7 Å². The maximum atomic E-state index is 10.3. The fourth-order valence-corrected chi connectivity index (χ4v) is 2.85. The van der Waals surface area contributed by atoms with Gasteiger partial charge in [0.1, 0.15) is 5.75 Å². The van der Waals surface area contributed by atoms with E-state index >= 15 is 0 Å². The van der Waals surface area contributed by atoms with Crippen LogP contribution in [0.2, 0.25) is 0 Å². The monoisotopic (exact) mass is 364 g/mol. The minimum absolute atomic E-state index is 0.383. The van der Waals surface area contributed by atoms with Gasteiger partial charge in [0.15, 0.2) is 5.79 Å². The van der Waals surface area contributed by atoms with E-state index in [1.54, 1.807) is 30.3 Å². The predicted octanol–water partition coefficient (Wildman–Crippen LogP) is 4.95. The summed E-state index contributed by atoms with van der Waals surface area (Å²) in [5, 5.41) is 29.8. The van der Waals surface area contributed by atoms with Crippen LogP contribution in [0.15, 0.2) is 72.8 Å². The first-order valence-electron chi connectivity index (χ1n) is 9.06. The van der Waals surface area contributed by atoms with E-state index in [0.717, 1.165) is 11.1 Å². The molecule has 3 aromatic rings. The van der Waals surface area contributed by atoms with Crippen LogP contribution in [0, 0.1) is 20.8 Å². The molecule has 1 unspecified atom stereocenters. The van der Waals surface area contributed by atoms with Crippen LogP contribution >= 0.6 is 0 Å². The molecular weight excluding hydrogens is 336 g/mol. The first-order valence-corrected chi connectivity index (χ1v) is 9.06. The Morgan fingerprint density at radius 1 is 0.704 bits per heavy atom. The average Bonchev–Trinajstić information content (AvgIpc) is 2.70. The highest BCUT2D eigenvalue weighted by Crippen LogP contribution is 2.34. The van der Waals surface area contributed by atoms with Crippen LogP contribution in [0.4, 0.5) is 0 Å². The fraction of sp³-hybridized carbons (Fsp3) is 0.250. The largest absolute Gasteiger partial charge is 0.508 e. The van der Waals surface area contributed by atoms with Crippen LogP contribution in [0.3, 0.4) is 0 Å². The van der Waals surface area contributed by atoms with Crippen LogP contribution in [0.25, 0.3) is 0 Å². The van der Waals surface area contributed by atoms with Gasteiger partial charge in [0, 0.05) is 11.5 Å². The second kappa shape index (κ2) is 8.85. The van der Waals surface area contributed by atoms with E-state index in [0.29, 0.717) is 11.3 Å². The van der Waals surface area contributed by atoms with E-state index in [4.69, 9.17) is 0 Å². The summed E-state index contributed by atoms with van der Waals surface area (Å²) in [5.74, 6) is -1.84. The van der Waals surface area contributed by atoms with Gasteiger partial charge in [-0.3, -0.25) is 0 Å². The van der Waals surface area contributed by atoms with Crippen molar-refractivity contribution in [2.75, 3.05) is 0 Å². The van der Waals surface area contributed by atoms with Crippen LogP contribution in [-0.4, -0.2) is 15.3 Å². The van der Waals surface area contributed by atoms with Crippen molar-refractivity contribution in [2.45, 2.75) is 39.4 Å². The van der Waals surface area contributed by atoms with Gasteiger partial charge >= 0.3 is 0 Å². The van der Waals surface area contributed by atoms with Crippen LogP contribution in [-0.2, 0) is 5.79 Å². The molecule has 3 nitrogen and oxygen atoms in total. The molecule has 0 radical (unpaired) electrons. The molecule has 0 bridgehead atoms. The van der Waals surface area contributed by atoms with Gasteiger partial charge in [-0.2, -0.15) is 0 Å². The van der Waals surface area contributed by atoms with Crippen LogP contribution in [0.1, 0.15) is 40.7 Å². The molecule has 0 aliphatic rings. The minimum Gasteiger partial charge on any atom is -0.508 e. The van der Waals surface area contributed by atoms with Crippen molar-refractivity contribution in [2.24, 2.45) is 0 Å². The Morgan fingerprint density at radius 2 is 1.22 bits per heavy atom. The third-order valence-electron chi connectivity index (χ3n) is 5.13. The quantitative estimate of drug-likeness (QED) is 0.577. The second-order valence-electron chi connectivity index (χ2n) is 6.88. The van der Waals surface area contributed by atoms with Crippen molar-refractivity contribution in [3.05, 3.63) is 101 Å². The summed E-state index contributed by atoms with van der Waals surface area (Å²) in [6.07, 6.45) is 0. The first kappa shape index (κ1) is 20.7. The lowest BCUT2D eigenvalue weighted by atomic mass is 9.87. The second-order valence-corrected chi connectivity index (χ2v) is 6.88. The normalized spacial score (nSPS) is 12.1. The molecule has 0 saturated heterocycles. The van der Waals surface area contributed by atoms with Gasteiger partial charge in [0.25, 0.3) is 0 Å². The number of phenolic OH excluding ortho intramolecular Hbond substituents is 1. The van der Waals surface area contributed by atoms with Crippen LogP contribution < -0.4 is 0 Å². The maximum absolute atomic E-state index is 10.3. The third kappa shape index (κ3) is 4.97. The molecule has 3 N–H and O–H groups in total. The maximum Gasteiger partial charge on any atom is 0.196 e. The van der Waals surface area contributed by atoms with Crippen molar-refractivity contribution >= 4 is 0 Å². The Balaban J connectivity index is 0.000000223. The van der Waals surface area contributed by atoms with E-state index in [1.807, 2.05) is 70.2 Å². The van der Waals surface area contributed by atoms with Gasteiger partial charge < -0.3 is 15.3 Å². The summed E-state index contributed by atoms with van der Waals surface area (Å²) >= 11 is 0. The highest BCUT2D eigenvalue weighted by Gasteiger charge is 2.33. The van der Waals surface area contributed by atoms with Gasteiger partial charge in [0.2, 0.25) is 0 Å². The number of aromatic hydroxyl groups is 1. The molecule has 0 fully saturated rings. The highest BCUT2D eigenvalue weighted by molar-refractivity contribution is 5.41. The number of phenols is 1. The average molecular weight is 364 g/mol. The molecular formula is C24H28O3. The summed E-state index contributed by atoms with van der Waals surface area (Å²) in [5.41, 5.74) is 4.81. The molecule has 0 aliphatic heterocycles. The number of hydrogen-bond donors (Lipinski definition) is 3. The molecule has 0 aliphatic carbocycles. The van der Waals surface area contributed by atoms with Crippen molar-refractivity contribution in [1.29, 1.82) is 0 Å². The van der Waals surface area contributed by atoms with Crippen molar-refractivity contribution < 1.29 is 15.3 Å². The van der Waals surface area contributed by atoms with Crippen molar-refractivity contribution in [3.63, 3.8) is 0 Å². The molecule has 27 heavy (non-hydrogen) atoms. The molecule has 0 heterocycles. The number of rotatable bonds is 3. The van der Waals surface area contributed by atoms with Crippen molar-refractivity contribution in [3.8, 4) is 5.75 Å². The highest BCUT2D eigenvalue weighted by atomic mass is 16.5. The zero-order chi connectivity index (χ0) is 20.0. The predicted molar refractivity (Wildman–Crippen MR) is 110 cm³/mol. The first-order chi connectivity index (χ1) is 12.7. The number of aryl methyl sites for hydroxylation is 1. The number of benzene rings is 3. The summed E-state index contributed by atoms with van der Waals surface area (Å²) in [7, 11) is 0. The van der Waals surface area contributed by atoms with Crippen molar-refractivity contribution in [1.82, 2.24) is 0 Å². The van der Waals surface area contributed by atoms with Gasteiger partial charge in [0.05, 0.1) is 0 Å². The Labute approximate surface area is 161 Å². The van der Waals surface area contributed by atoms with Gasteiger partial charge in [-0.25, -0.2) is 0 Å². The molecule has 3 rings (SSSR count). The van der Waals surface area contributed by atoms with Gasteiger partial charge in [-0.15, -0.1) is 0 Å². The van der Waals surface area contributed by atoms with E-state index < -0.39 is 5.79 Å². The molecule has 0 aromatic heterocycles. The van der Waals surface area contributed by atoms with E-state index in [-0.39, 0.29) is 5.92 Å². The molecule has 3 aromatic carbocycles. The fourth-order valence-electron chi connectivity index (χ4n) is 2.85. The molecule has 0 amide bonds.